The average molecular weight is 352 g/mol. The summed E-state index contributed by atoms with van der Waals surface area (Å²) in [5, 5.41) is 16.1. The zero-order chi connectivity index (χ0) is 18.7. The second-order valence-electron chi connectivity index (χ2n) is 5.46. The van der Waals surface area contributed by atoms with Crippen molar-refractivity contribution in [3.8, 4) is 17.1 Å². The van der Waals surface area contributed by atoms with Crippen LogP contribution in [0.5, 0.6) is 5.75 Å². The maximum atomic E-state index is 12.5. The van der Waals surface area contributed by atoms with Gasteiger partial charge in [-0.15, -0.1) is 0 Å². The Balaban J connectivity index is 1.82. The Kier molecular flexibility index (Phi) is 4.66. The number of anilines is 1. The van der Waals surface area contributed by atoms with Gasteiger partial charge in [0, 0.05) is 18.3 Å². The maximum absolute atomic E-state index is 12.5. The van der Waals surface area contributed by atoms with E-state index in [1.54, 1.807) is 42.3 Å². The topological polar surface area (TPSA) is 106 Å². The molecule has 132 valence electrons. The van der Waals surface area contributed by atoms with Gasteiger partial charge in [0.25, 0.3) is 5.91 Å². The molecular formula is C18H16N4O4. The standard InChI is InChI=1S/C18H16N4O4/c1-22-10-19-16(21-22)11-6-8-12(9-7-11)20-17(23)13-4-3-5-14(18(24)25)15(13)26-2/h3-10H,1-2H3,(H,20,23)(H,24,25). The van der Waals surface area contributed by atoms with Gasteiger partial charge in [-0.2, -0.15) is 5.10 Å². The van der Waals surface area contributed by atoms with Gasteiger partial charge in [-0.05, 0) is 36.4 Å². The van der Waals surface area contributed by atoms with Crippen molar-refractivity contribution in [2.75, 3.05) is 12.4 Å². The van der Waals surface area contributed by atoms with Crippen LogP contribution >= 0.6 is 0 Å². The number of nitrogens with zero attached hydrogens (tertiary/aromatic N) is 3. The van der Waals surface area contributed by atoms with Gasteiger partial charge in [0.15, 0.2) is 5.82 Å². The molecule has 0 saturated carbocycles. The summed E-state index contributed by atoms with van der Waals surface area (Å²) in [5.41, 5.74) is 1.44. The predicted octanol–water partition coefficient (Wildman–Crippen LogP) is 2.44. The fourth-order valence-corrected chi connectivity index (χ4v) is 2.48. The summed E-state index contributed by atoms with van der Waals surface area (Å²) in [6, 6.07) is 11.4. The monoisotopic (exact) mass is 352 g/mol. The summed E-state index contributed by atoms with van der Waals surface area (Å²) in [4.78, 5) is 27.9. The molecule has 2 aromatic carbocycles. The summed E-state index contributed by atoms with van der Waals surface area (Å²) < 4.78 is 6.72. The van der Waals surface area contributed by atoms with Crippen LogP contribution < -0.4 is 10.1 Å². The minimum atomic E-state index is -1.16. The average Bonchev–Trinajstić information content (AvgIpc) is 3.07. The highest BCUT2D eigenvalue weighted by atomic mass is 16.5. The van der Waals surface area contributed by atoms with Crippen LogP contribution in [0, 0.1) is 0 Å². The highest BCUT2D eigenvalue weighted by Crippen LogP contribution is 2.25. The van der Waals surface area contributed by atoms with Gasteiger partial charge < -0.3 is 15.2 Å². The van der Waals surface area contributed by atoms with E-state index in [0.717, 1.165) is 5.56 Å². The fourth-order valence-electron chi connectivity index (χ4n) is 2.48. The molecule has 0 fully saturated rings. The summed E-state index contributed by atoms with van der Waals surface area (Å²) in [6.07, 6.45) is 1.60. The number of carbonyl (C=O) groups is 2. The molecule has 1 heterocycles. The molecule has 0 unspecified atom stereocenters. The Labute approximate surface area is 149 Å². The normalized spacial score (nSPS) is 10.4. The Morgan fingerprint density at radius 1 is 1.12 bits per heavy atom. The van der Waals surface area contributed by atoms with Gasteiger partial charge in [-0.1, -0.05) is 6.07 Å². The van der Waals surface area contributed by atoms with Gasteiger partial charge in [0.05, 0.1) is 12.7 Å². The van der Waals surface area contributed by atoms with Crippen molar-refractivity contribution in [1.82, 2.24) is 14.8 Å². The number of carboxylic acids is 1. The largest absolute Gasteiger partial charge is 0.495 e. The predicted molar refractivity (Wildman–Crippen MR) is 94.3 cm³/mol. The SMILES string of the molecule is COc1c(C(=O)O)cccc1C(=O)Nc1ccc(-c2ncn(C)n2)cc1. The number of nitrogens with one attached hydrogen (secondary N) is 1. The number of methoxy groups -OCH3 is 1. The lowest BCUT2D eigenvalue weighted by atomic mass is 10.1. The number of hydrogen-bond donors (Lipinski definition) is 2. The Hall–Kier alpha value is -3.68. The van der Waals surface area contributed by atoms with Crippen molar-refractivity contribution in [2.45, 2.75) is 0 Å². The van der Waals surface area contributed by atoms with E-state index in [1.807, 2.05) is 0 Å². The Morgan fingerprint density at radius 3 is 2.38 bits per heavy atom. The van der Waals surface area contributed by atoms with Crippen LogP contribution in [-0.4, -0.2) is 38.9 Å². The van der Waals surface area contributed by atoms with Crippen LogP contribution in [0.4, 0.5) is 5.69 Å². The molecule has 0 bridgehead atoms. The van der Waals surface area contributed by atoms with Crippen LogP contribution in [0.1, 0.15) is 20.7 Å². The first-order chi connectivity index (χ1) is 12.5. The third-order valence-electron chi connectivity index (χ3n) is 3.69. The van der Waals surface area contributed by atoms with Crippen LogP contribution in [0.15, 0.2) is 48.8 Å². The van der Waals surface area contributed by atoms with Gasteiger partial charge >= 0.3 is 5.97 Å². The lowest BCUT2D eigenvalue weighted by molar-refractivity contribution is 0.0693. The molecular weight excluding hydrogens is 336 g/mol. The van der Waals surface area contributed by atoms with E-state index in [2.05, 4.69) is 15.4 Å². The van der Waals surface area contributed by atoms with Crippen LogP contribution in [0.2, 0.25) is 0 Å². The number of carboxylic acid groups (broad SMARTS) is 1. The van der Waals surface area contributed by atoms with E-state index >= 15 is 0 Å². The van der Waals surface area contributed by atoms with Crippen molar-refractivity contribution >= 4 is 17.6 Å². The van der Waals surface area contributed by atoms with Gasteiger partial charge in [0.1, 0.15) is 17.6 Å². The lowest BCUT2D eigenvalue weighted by Crippen LogP contribution is -2.15. The van der Waals surface area contributed by atoms with E-state index in [9.17, 15) is 14.7 Å². The van der Waals surface area contributed by atoms with Crippen LogP contribution in [0.3, 0.4) is 0 Å². The fraction of sp³-hybridized carbons (Fsp3) is 0.111. The molecule has 1 amide bonds. The number of hydrogen-bond acceptors (Lipinski definition) is 5. The zero-order valence-corrected chi connectivity index (χ0v) is 14.1. The van der Waals surface area contributed by atoms with Crippen molar-refractivity contribution < 1.29 is 19.4 Å². The number of amides is 1. The summed E-state index contributed by atoms with van der Waals surface area (Å²) in [5.74, 6) is -1.02. The molecule has 2 N–H and O–H groups in total. The molecule has 26 heavy (non-hydrogen) atoms. The first kappa shape index (κ1) is 17.2. The molecule has 0 radical (unpaired) electrons. The molecule has 3 rings (SSSR count). The molecule has 0 spiro atoms. The zero-order valence-electron chi connectivity index (χ0n) is 14.1. The van der Waals surface area contributed by atoms with Crippen LogP contribution in [0.25, 0.3) is 11.4 Å². The van der Waals surface area contributed by atoms with Crippen molar-refractivity contribution in [3.05, 3.63) is 59.9 Å². The van der Waals surface area contributed by atoms with Gasteiger partial charge in [0.2, 0.25) is 0 Å². The molecule has 0 aliphatic rings. The molecule has 0 saturated heterocycles. The Morgan fingerprint density at radius 2 is 1.81 bits per heavy atom. The third-order valence-corrected chi connectivity index (χ3v) is 3.69. The number of aromatic nitrogens is 3. The number of ether oxygens (including phenoxy) is 1. The van der Waals surface area contributed by atoms with Crippen LogP contribution in [-0.2, 0) is 7.05 Å². The van der Waals surface area contributed by atoms with Gasteiger partial charge in [-0.25, -0.2) is 9.78 Å². The second-order valence-corrected chi connectivity index (χ2v) is 5.46. The minimum absolute atomic E-state index is 0.0202. The summed E-state index contributed by atoms with van der Waals surface area (Å²) in [6.45, 7) is 0. The van der Waals surface area contributed by atoms with E-state index in [0.29, 0.717) is 11.5 Å². The molecule has 0 atom stereocenters. The Bertz CT molecular complexity index is 964. The lowest BCUT2D eigenvalue weighted by Gasteiger charge is -2.11. The first-order valence-corrected chi connectivity index (χ1v) is 7.67. The smallest absolute Gasteiger partial charge is 0.339 e. The highest BCUT2D eigenvalue weighted by Gasteiger charge is 2.19. The maximum Gasteiger partial charge on any atom is 0.339 e. The number of para-hydroxylation sites is 1. The number of carbonyl (C=O) groups excluding carboxylic acids is 1. The van der Waals surface area contributed by atoms with Crippen molar-refractivity contribution in [2.24, 2.45) is 7.05 Å². The number of benzene rings is 2. The van der Waals surface area contributed by atoms with E-state index in [1.165, 1.54) is 25.3 Å². The third kappa shape index (κ3) is 3.39. The molecule has 3 aromatic rings. The van der Waals surface area contributed by atoms with E-state index in [4.69, 9.17) is 4.74 Å². The molecule has 0 aliphatic heterocycles. The van der Waals surface area contributed by atoms with Crippen molar-refractivity contribution in [3.63, 3.8) is 0 Å². The molecule has 1 aromatic heterocycles. The first-order valence-electron chi connectivity index (χ1n) is 7.67. The van der Waals surface area contributed by atoms with E-state index < -0.39 is 11.9 Å². The molecule has 8 nitrogen and oxygen atoms in total. The number of aromatic carboxylic acids is 1. The molecule has 0 aliphatic carbocycles. The number of aryl methyl sites for hydroxylation is 1. The quantitative estimate of drug-likeness (QED) is 0.730. The van der Waals surface area contributed by atoms with E-state index in [-0.39, 0.29) is 16.9 Å². The summed E-state index contributed by atoms with van der Waals surface area (Å²) >= 11 is 0. The highest BCUT2D eigenvalue weighted by molar-refractivity contribution is 6.08. The molecule has 8 heteroatoms. The minimum Gasteiger partial charge on any atom is -0.495 e. The summed E-state index contributed by atoms with van der Waals surface area (Å²) in [7, 11) is 3.11. The second kappa shape index (κ2) is 7.06. The van der Waals surface area contributed by atoms with Gasteiger partial charge in [-0.3, -0.25) is 9.48 Å². The van der Waals surface area contributed by atoms with Crippen molar-refractivity contribution in [1.29, 1.82) is 0 Å². The number of rotatable bonds is 5.